The molecular formula is C15H17NO. The van der Waals surface area contributed by atoms with Gasteiger partial charge in [-0.1, -0.05) is 23.8 Å². The van der Waals surface area contributed by atoms with Gasteiger partial charge < -0.3 is 5.11 Å². The van der Waals surface area contributed by atoms with Gasteiger partial charge in [0.2, 0.25) is 0 Å². The summed E-state index contributed by atoms with van der Waals surface area (Å²) < 4.78 is 0. The van der Waals surface area contributed by atoms with Gasteiger partial charge in [-0.3, -0.25) is 4.98 Å². The minimum Gasteiger partial charge on any atom is -0.384 e. The van der Waals surface area contributed by atoms with Crippen LogP contribution in [0.15, 0.2) is 36.7 Å². The molecule has 1 atom stereocenters. The minimum absolute atomic E-state index is 0.571. The summed E-state index contributed by atoms with van der Waals surface area (Å²) in [6.07, 6.45) is 2.93. The van der Waals surface area contributed by atoms with Crippen molar-refractivity contribution in [1.29, 1.82) is 0 Å². The van der Waals surface area contributed by atoms with Crippen molar-refractivity contribution in [2.75, 3.05) is 0 Å². The molecule has 2 nitrogen and oxygen atoms in total. The van der Waals surface area contributed by atoms with Crippen molar-refractivity contribution in [2.45, 2.75) is 26.9 Å². The van der Waals surface area contributed by atoms with Gasteiger partial charge in [0.1, 0.15) is 6.10 Å². The molecule has 1 N–H and O–H groups in total. The molecule has 2 rings (SSSR count). The molecule has 88 valence electrons. The molecule has 0 aliphatic rings. The SMILES string of the molecule is Cc1ccc(C(O)c2ccncc2C)c(C)c1. The smallest absolute Gasteiger partial charge is 0.105 e. The van der Waals surface area contributed by atoms with Gasteiger partial charge >= 0.3 is 0 Å². The Bertz CT molecular complexity index is 534. The topological polar surface area (TPSA) is 33.1 Å². The van der Waals surface area contributed by atoms with Gasteiger partial charge in [0, 0.05) is 12.4 Å². The van der Waals surface area contributed by atoms with Gasteiger partial charge in [0.15, 0.2) is 0 Å². The molecule has 0 aliphatic carbocycles. The van der Waals surface area contributed by atoms with Crippen LogP contribution in [0.2, 0.25) is 0 Å². The van der Waals surface area contributed by atoms with Crippen molar-refractivity contribution in [3.8, 4) is 0 Å². The first-order chi connectivity index (χ1) is 8.09. The van der Waals surface area contributed by atoms with E-state index in [-0.39, 0.29) is 0 Å². The maximum Gasteiger partial charge on any atom is 0.105 e. The molecule has 0 saturated carbocycles. The average Bonchev–Trinajstić information content (AvgIpc) is 2.29. The zero-order valence-corrected chi connectivity index (χ0v) is 10.4. The van der Waals surface area contributed by atoms with E-state index in [1.165, 1.54) is 5.56 Å². The quantitative estimate of drug-likeness (QED) is 0.855. The molecule has 1 heterocycles. The molecule has 1 unspecified atom stereocenters. The van der Waals surface area contributed by atoms with Crippen molar-refractivity contribution in [3.05, 3.63) is 64.5 Å². The summed E-state index contributed by atoms with van der Waals surface area (Å²) in [4.78, 5) is 4.05. The Morgan fingerprint density at radius 2 is 1.71 bits per heavy atom. The summed E-state index contributed by atoms with van der Waals surface area (Å²) in [6.45, 7) is 6.05. The number of hydrogen-bond acceptors (Lipinski definition) is 2. The highest BCUT2D eigenvalue weighted by Crippen LogP contribution is 2.26. The second-order valence-corrected chi connectivity index (χ2v) is 4.49. The van der Waals surface area contributed by atoms with Crippen LogP contribution in [0.25, 0.3) is 0 Å². The van der Waals surface area contributed by atoms with Crippen LogP contribution in [0.4, 0.5) is 0 Å². The van der Waals surface area contributed by atoms with E-state index >= 15 is 0 Å². The van der Waals surface area contributed by atoms with Crippen LogP contribution in [0.1, 0.15) is 33.9 Å². The molecule has 0 bridgehead atoms. The Morgan fingerprint density at radius 1 is 1.00 bits per heavy atom. The van der Waals surface area contributed by atoms with Crippen molar-refractivity contribution in [1.82, 2.24) is 4.98 Å². The lowest BCUT2D eigenvalue weighted by atomic mass is 9.95. The van der Waals surface area contributed by atoms with E-state index in [9.17, 15) is 5.11 Å². The van der Waals surface area contributed by atoms with Gasteiger partial charge in [-0.05, 0) is 49.1 Å². The van der Waals surface area contributed by atoms with Crippen LogP contribution < -0.4 is 0 Å². The average molecular weight is 227 g/mol. The fourth-order valence-corrected chi connectivity index (χ4v) is 2.09. The first-order valence-corrected chi connectivity index (χ1v) is 5.75. The first-order valence-electron chi connectivity index (χ1n) is 5.75. The zero-order valence-electron chi connectivity index (χ0n) is 10.4. The first kappa shape index (κ1) is 11.8. The highest BCUT2D eigenvalue weighted by molar-refractivity contribution is 5.39. The second kappa shape index (κ2) is 4.68. The summed E-state index contributed by atoms with van der Waals surface area (Å²) in [5, 5.41) is 10.4. The van der Waals surface area contributed by atoms with E-state index in [0.717, 1.165) is 22.3 Å². The molecule has 1 aromatic heterocycles. The summed E-state index contributed by atoms with van der Waals surface area (Å²) in [5.41, 5.74) is 5.23. The van der Waals surface area contributed by atoms with E-state index < -0.39 is 6.10 Å². The fraction of sp³-hybridized carbons (Fsp3) is 0.267. The fourth-order valence-electron chi connectivity index (χ4n) is 2.09. The minimum atomic E-state index is -0.571. The van der Waals surface area contributed by atoms with Gasteiger partial charge in [-0.15, -0.1) is 0 Å². The lowest BCUT2D eigenvalue weighted by molar-refractivity contribution is 0.218. The lowest BCUT2D eigenvalue weighted by Gasteiger charge is -2.16. The van der Waals surface area contributed by atoms with Crippen LogP contribution in [-0.2, 0) is 0 Å². The summed E-state index contributed by atoms with van der Waals surface area (Å²) in [6, 6.07) is 7.99. The Balaban J connectivity index is 2.44. The number of aliphatic hydroxyl groups excluding tert-OH is 1. The van der Waals surface area contributed by atoms with Crippen LogP contribution >= 0.6 is 0 Å². The van der Waals surface area contributed by atoms with Crippen LogP contribution in [0.5, 0.6) is 0 Å². The van der Waals surface area contributed by atoms with Gasteiger partial charge in [0.05, 0.1) is 0 Å². The number of benzene rings is 1. The van der Waals surface area contributed by atoms with Crippen LogP contribution in [0, 0.1) is 20.8 Å². The number of aromatic nitrogens is 1. The van der Waals surface area contributed by atoms with Gasteiger partial charge in [0.25, 0.3) is 0 Å². The predicted molar refractivity (Wildman–Crippen MR) is 69.0 cm³/mol. The molecule has 2 aromatic rings. The molecule has 0 amide bonds. The van der Waals surface area contributed by atoms with Gasteiger partial charge in [-0.25, -0.2) is 0 Å². The molecular weight excluding hydrogens is 210 g/mol. The molecule has 0 spiro atoms. The number of hydrogen-bond donors (Lipinski definition) is 1. The van der Waals surface area contributed by atoms with Crippen molar-refractivity contribution in [2.24, 2.45) is 0 Å². The molecule has 17 heavy (non-hydrogen) atoms. The summed E-state index contributed by atoms with van der Waals surface area (Å²) in [7, 11) is 0. The van der Waals surface area contributed by atoms with E-state index in [0.29, 0.717) is 0 Å². The maximum absolute atomic E-state index is 10.4. The molecule has 1 aromatic carbocycles. The highest BCUT2D eigenvalue weighted by atomic mass is 16.3. The highest BCUT2D eigenvalue weighted by Gasteiger charge is 2.14. The number of pyridine rings is 1. The van der Waals surface area contributed by atoms with Gasteiger partial charge in [-0.2, -0.15) is 0 Å². The zero-order chi connectivity index (χ0) is 12.4. The normalized spacial score (nSPS) is 12.5. The van der Waals surface area contributed by atoms with Crippen molar-refractivity contribution < 1.29 is 5.11 Å². The molecule has 2 heteroatoms. The van der Waals surface area contributed by atoms with E-state index in [1.807, 2.05) is 32.0 Å². The Morgan fingerprint density at radius 3 is 2.35 bits per heavy atom. The standard InChI is InChI=1S/C15H17NO/c1-10-4-5-13(11(2)8-10)15(17)14-6-7-16-9-12(14)3/h4-9,15,17H,1-3H3. The molecule has 0 fully saturated rings. The maximum atomic E-state index is 10.4. The molecule has 0 saturated heterocycles. The van der Waals surface area contributed by atoms with Crippen molar-refractivity contribution >= 4 is 0 Å². The van der Waals surface area contributed by atoms with Crippen molar-refractivity contribution in [3.63, 3.8) is 0 Å². The van der Waals surface area contributed by atoms with E-state index in [4.69, 9.17) is 0 Å². The number of aryl methyl sites for hydroxylation is 3. The van der Waals surface area contributed by atoms with Crippen LogP contribution in [0.3, 0.4) is 0 Å². The Hall–Kier alpha value is -1.67. The Labute approximate surface area is 102 Å². The summed E-state index contributed by atoms with van der Waals surface area (Å²) >= 11 is 0. The number of aliphatic hydroxyl groups is 1. The third kappa shape index (κ3) is 2.37. The molecule has 0 radical (unpaired) electrons. The summed E-state index contributed by atoms with van der Waals surface area (Å²) in [5.74, 6) is 0. The van der Waals surface area contributed by atoms with Crippen LogP contribution in [-0.4, -0.2) is 10.1 Å². The van der Waals surface area contributed by atoms with E-state index in [2.05, 4.69) is 18.0 Å². The third-order valence-corrected chi connectivity index (χ3v) is 3.08. The Kier molecular flexibility index (Phi) is 3.25. The third-order valence-electron chi connectivity index (χ3n) is 3.08. The monoisotopic (exact) mass is 227 g/mol. The number of nitrogens with zero attached hydrogens (tertiary/aromatic N) is 1. The molecule has 0 aliphatic heterocycles. The van der Waals surface area contributed by atoms with E-state index in [1.54, 1.807) is 12.4 Å². The second-order valence-electron chi connectivity index (χ2n) is 4.49. The largest absolute Gasteiger partial charge is 0.384 e. The predicted octanol–water partition coefficient (Wildman–Crippen LogP) is 3.09. The lowest BCUT2D eigenvalue weighted by Crippen LogP contribution is -2.04. The number of rotatable bonds is 2.